The summed E-state index contributed by atoms with van der Waals surface area (Å²) in [6, 6.07) is 9.93. The summed E-state index contributed by atoms with van der Waals surface area (Å²) in [7, 11) is 1.80. The number of nitrogens with one attached hydrogen (secondary N) is 2. The van der Waals surface area contributed by atoms with Crippen LogP contribution in [0, 0.1) is 6.92 Å². The SMILES string of the molecule is CNc1nccc(Nc2ccccc2C)n1. The first-order chi connectivity index (χ1) is 7.79. The average molecular weight is 214 g/mol. The van der Waals surface area contributed by atoms with Crippen molar-refractivity contribution in [2.24, 2.45) is 0 Å². The molecule has 0 saturated carbocycles. The maximum atomic E-state index is 4.29. The van der Waals surface area contributed by atoms with Crippen molar-refractivity contribution in [2.45, 2.75) is 6.92 Å². The number of benzene rings is 1. The predicted molar refractivity (Wildman–Crippen MR) is 66.0 cm³/mol. The molecule has 0 saturated heterocycles. The van der Waals surface area contributed by atoms with Crippen molar-refractivity contribution in [3.05, 3.63) is 42.1 Å². The Labute approximate surface area is 94.8 Å². The molecule has 0 fully saturated rings. The fourth-order valence-corrected chi connectivity index (χ4v) is 1.40. The van der Waals surface area contributed by atoms with Crippen molar-refractivity contribution < 1.29 is 0 Å². The summed E-state index contributed by atoms with van der Waals surface area (Å²) in [6.07, 6.45) is 1.72. The number of hydrogen-bond donors (Lipinski definition) is 2. The monoisotopic (exact) mass is 214 g/mol. The van der Waals surface area contributed by atoms with Gasteiger partial charge in [-0.25, -0.2) is 4.98 Å². The van der Waals surface area contributed by atoms with Crippen LogP contribution in [0.1, 0.15) is 5.56 Å². The molecule has 0 aliphatic heterocycles. The summed E-state index contributed by atoms with van der Waals surface area (Å²) < 4.78 is 0. The first-order valence-electron chi connectivity index (χ1n) is 5.13. The number of aromatic nitrogens is 2. The second kappa shape index (κ2) is 4.61. The average Bonchev–Trinajstić information content (AvgIpc) is 2.32. The van der Waals surface area contributed by atoms with Gasteiger partial charge in [-0.2, -0.15) is 4.98 Å². The Morgan fingerprint density at radius 1 is 1.12 bits per heavy atom. The van der Waals surface area contributed by atoms with Gasteiger partial charge in [0.1, 0.15) is 5.82 Å². The van der Waals surface area contributed by atoms with Crippen molar-refractivity contribution in [1.82, 2.24) is 9.97 Å². The lowest BCUT2D eigenvalue weighted by atomic mass is 10.2. The lowest BCUT2D eigenvalue weighted by Gasteiger charge is -2.08. The number of anilines is 3. The summed E-state index contributed by atoms with van der Waals surface area (Å²) in [5, 5.41) is 6.16. The zero-order valence-electron chi connectivity index (χ0n) is 9.36. The van der Waals surface area contributed by atoms with Crippen LogP contribution in [0.25, 0.3) is 0 Å². The number of nitrogens with zero attached hydrogens (tertiary/aromatic N) is 2. The standard InChI is InChI=1S/C12H14N4/c1-9-5-3-4-6-10(9)15-11-7-8-14-12(13-2)16-11/h3-8H,1-2H3,(H2,13,14,15,16). The van der Waals surface area contributed by atoms with E-state index in [2.05, 4.69) is 33.6 Å². The van der Waals surface area contributed by atoms with Gasteiger partial charge in [-0.15, -0.1) is 0 Å². The third-order valence-corrected chi connectivity index (χ3v) is 2.29. The molecule has 1 aromatic heterocycles. The second-order valence-electron chi connectivity index (χ2n) is 3.46. The topological polar surface area (TPSA) is 49.8 Å². The molecule has 1 heterocycles. The van der Waals surface area contributed by atoms with Crippen molar-refractivity contribution in [1.29, 1.82) is 0 Å². The molecule has 0 amide bonds. The summed E-state index contributed by atoms with van der Waals surface area (Å²) >= 11 is 0. The van der Waals surface area contributed by atoms with Crippen LogP contribution >= 0.6 is 0 Å². The van der Waals surface area contributed by atoms with Crippen LogP contribution in [-0.4, -0.2) is 17.0 Å². The molecular weight excluding hydrogens is 200 g/mol. The molecule has 1 aromatic carbocycles. The van der Waals surface area contributed by atoms with Crippen LogP contribution in [0.4, 0.5) is 17.5 Å². The predicted octanol–water partition coefficient (Wildman–Crippen LogP) is 2.57. The molecule has 0 aliphatic carbocycles. The first kappa shape index (κ1) is 10.4. The highest BCUT2D eigenvalue weighted by molar-refractivity contribution is 5.60. The number of hydrogen-bond acceptors (Lipinski definition) is 4. The van der Waals surface area contributed by atoms with E-state index in [1.807, 2.05) is 24.3 Å². The van der Waals surface area contributed by atoms with Gasteiger partial charge in [0.2, 0.25) is 5.95 Å². The fourth-order valence-electron chi connectivity index (χ4n) is 1.40. The molecule has 0 spiro atoms. The first-order valence-corrected chi connectivity index (χ1v) is 5.13. The molecule has 4 nitrogen and oxygen atoms in total. The normalized spacial score (nSPS) is 9.88. The van der Waals surface area contributed by atoms with Crippen molar-refractivity contribution >= 4 is 17.5 Å². The molecule has 0 bridgehead atoms. The molecular formula is C12H14N4. The quantitative estimate of drug-likeness (QED) is 0.824. The second-order valence-corrected chi connectivity index (χ2v) is 3.46. The van der Waals surface area contributed by atoms with Crippen LogP contribution < -0.4 is 10.6 Å². The Morgan fingerprint density at radius 2 is 1.94 bits per heavy atom. The summed E-state index contributed by atoms with van der Waals surface area (Å²) in [5.74, 6) is 1.40. The van der Waals surface area contributed by atoms with Gasteiger partial charge >= 0.3 is 0 Å². The molecule has 4 heteroatoms. The summed E-state index contributed by atoms with van der Waals surface area (Å²) in [4.78, 5) is 8.35. The molecule has 82 valence electrons. The minimum absolute atomic E-state index is 0.610. The van der Waals surface area contributed by atoms with Crippen LogP contribution in [0.5, 0.6) is 0 Å². The van der Waals surface area contributed by atoms with E-state index in [1.54, 1.807) is 13.2 Å². The highest BCUT2D eigenvalue weighted by Crippen LogP contribution is 2.18. The highest BCUT2D eigenvalue weighted by atomic mass is 15.1. The van der Waals surface area contributed by atoms with E-state index in [9.17, 15) is 0 Å². The van der Waals surface area contributed by atoms with E-state index in [-0.39, 0.29) is 0 Å². The molecule has 16 heavy (non-hydrogen) atoms. The van der Waals surface area contributed by atoms with Gasteiger partial charge in [-0.1, -0.05) is 18.2 Å². The van der Waals surface area contributed by atoms with E-state index < -0.39 is 0 Å². The Balaban J connectivity index is 2.24. The smallest absolute Gasteiger partial charge is 0.224 e. The van der Waals surface area contributed by atoms with Crippen molar-refractivity contribution in [3.8, 4) is 0 Å². The number of aryl methyl sites for hydroxylation is 1. The van der Waals surface area contributed by atoms with E-state index in [4.69, 9.17) is 0 Å². The van der Waals surface area contributed by atoms with Crippen molar-refractivity contribution in [2.75, 3.05) is 17.7 Å². The van der Waals surface area contributed by atoms with E-state index in [0.29, 0.717) is 5.95 Å². The zero-order chi connectivity index (χ0) is 11.4. The third-order valence-electron chi connectivity index (χ3n) is 2.29. The van der Waals surface area contributed by atoms with Gasteiger partial charge in [0.05, 0.1) is 0 Å². The van der Waals surface area contributed by atoms with Crippen molar-refractivity contribution in [3.63, 3.8) is 0 Å². The Kier molecular flexibility index (Phi) is 3.00. The summed E-state index contributed by atoms with van der Waals surface area (Å²) in [6.45, 7) is 2.06. The van der Waals surface area contributed by atoms with Gasteiger partial charge in [0.15, 0.2) is 0 Å². The lowest BCUT2D eigenvalue weighted by Crippen LogP contribution is -2.00. The van der Waals surface area contributed by atoms with Crippen LogP contribution in [-0.2, 0) is 0 Å². The maximum Gasteiger partial charge on any atom is 0.224 e. The van der Waals surface area contributed by atoms with Crippen LogP contribution in [0.3, 0.4) is 0 Å². The molecule has 0 atom stereocenters. The number of para-hydroxylation sites is 1. The molecule has 0 radical (unpaired) electrons. The minimum atomic E-state index is 0.610. The lowest BCUT2D eigenvalue weighted by molar-refractivity contribution is 1.15. The molecule has 2 rings (SSSR count). The fraction of sp³-hybridized carbons (Fsp3) is 0.167. The van der Waals surface area contributed by atoms with Gasteiger partial charge in [-0.3, -0.25) is 0 Å². The largest absolute Gasteiger partial charge is 0.357 e. The summed E-state index contributed by atoms with van der Waals surface area (Å²) in [5.41, 5.74) is 2.25. The maximum absolute atomic E-state index is 4.29. The number of rotatable bonds is 3. The highest BCUT2D eigenvalue weighted by Gasteiger charge is 1.99. The zero-order valence-corrected chi connectivity index (χ0v) is 9.36. The van der Waals surface area contributed by atoms with Crippen LogP contribution in [0.2, 0.25) is 0 Å². The van der Waals surface area contributed by atoms with E-state index in [1.165, 1.54) is 5.56 Å². The Hall–Kier alpha value is -2.10. The minimum Gasteiger partial charge on any atom is -0.357 e. The van der Waals surface area contributed by atoms with Gasteiger partial charge in [0.25, 0.3) is 0 Å². The van der Waals surface area contributed by atoms with E-state index in [0.717, 1.165) is 11.5 Å². The van der Waals surface area contributed by atoms with Gasteiger partial charge < -0.3 is 10.6 Å². The van der Waals surface area contributed by atoms with Crippen LogP contribution in [0.15, 0.2) is 36.5 Å². The Morgan fingerprint density at radius 3 is 2.69 bits per heavy atom. The van der Waals surface area contributed by atoms with Gasteiger partial charge in [0, 0.05) is 18.9 Å². The molecule has 2 aromatic rings. The van der Waals surface area contributed by atoms with Gasteiger partial charge in [-0.05, 0) is 24.6 Å². The van der Waals surface area contributed by atoms with E-state index >= 15 is 0 Å². The molecule has 2 N–H and O–H groups in total. The third kappa shape index (κ3) is 2.28. The Bertz CT molecular complexity index is 482. The molecule has 0 unspecified atom stereocenters. The molecule has 0 aliphatic rings.